The molecule has 2 aromatic carbocycles. The molecule has 4 nitrogen and oxygen atoms in total. The minimum absolute atomic E-state index is 0.00362. The van der Waals surface area contributed by atoms with Crippen molar-refractivity contribution < 1.29 is 9.53 Å². The van der Waals surface area contributed by atoms with Gasteiger partial charge in [0.2, 0.25) is 0 Å². The Hall–Kier alpha value is -2.98. The van der Waals surface area contributed by atoms with Crippen LogP contribution in [0.15, 0.2) is 60.7 Å². The third kappa shape index (κ3) is 3.91. The lowest BCUT2D eigenvalue weighted by molar-refractivity contribution is 0.104. The second kappa shape index (κ2) is 7.72. The van der Waals surface area contributed by atoms with Crippen LogP contribution in [-0.4, -0.2) is 37.1 Å². The van der Waals surface area contributed by atoms with Crippen molar-refractivity contribution in [3.05, 3.63) is 77.4 Å². The van der Waals surface area contributed by atoms with Gasteiger partial charge >= 0.3 is 0 Å². The predicted octanol–water partition coefficient (Wildman–Crippen LogP) is 4.28. The predicted molar refractivity (Wildman–Crippen MR) is 109 cm³/mol. The van der Waals surface area contributed by atoms with Crippen LogP contribution < -0.4 is 4.90 Å². The van der Waals surface area contributed by atoms with Crippen molar-refractivity contribution in [3.63, 3.8) is 0 Å². The molecular formula is C23H22N2O2. The van der Waals surface area contributed by atoms with Gasteiger partial charge in [0.15, 0.2) is 5.78 Å². The van der Waals surface area contributed by atoms with Crippen LogP contribution in [0.1, 0.15) is 21.5 Å². The van der Waals surface area contributed by atoms with Crippen molar-refractivity contribution in [2.45, 2.75) is 6.92 Å². The molecule has 0 bridgehead atoms. The molecule has 1 aliphatic heterocycles. The Morgan fingerprint density at radius 3 is 2.59 bits per heavy atom. The first-order valence-corrected chi connectivity index (χ1v) is 9.22. The van der Waals surface area contributed by atoms with E-state index in [0.29, 0.717) is 18.8 Å². The highest BCUT2D eigenvalue weighted by atomic mass is 16.5. The quantitative estimate of drug-likeness (QED) is 0.516. The maximum Gasteiger partial charge on any atom is 0.185 e. The number of morpholine rings is 1. The summed E-state index contributed by atoms with van der Waals surface area (Å²) in [6, 6.07) is 17.8. The summed E-state index contributed by atoms with van der Waals surface area (Å²) in [6.45, 7) is 5.01. The molecule has 0 amide bonds. The number of rotatable bonds is 4. The molecule has 4 heteroatoms. The van der Waals surface area contributed by atoms with Crippen molar-refractivity contribution in [1.29, 1.82) is 0 Å². The zero-order valence-electron chi connectivity index (χ0n) is 15.4. The van der Waals surface area contributed by atoms with Gasteiger partial charge in [-0.1, -0.05) is 48.0 Å². The lowest BCUT2D eigenvalue weighted by atomic mass is 10.1. The zero-order chi connectivity index (χ0) is 18.6. The molecule has 1 aromatic heterocycles. The van der Waals surface area contributed by atoms with E-state index in [2.05, 4.69) is 11.0 Å². The van der Waals surface area contributed by atoms with E-state index in [0.717, 1.165) is 40.9 Å². The maximum absolute atomic E-state index is 12.5. The fourth-order valence-corrected chi connectivity index (χ4v) is 3.25. The van der Waals surface area contributed by atoms with E-state index in [1.54, 1.807) is 6.08 Å². The number of aryl methyl sites for hydroxylation is 1. The molecule has 1 saturated heterocycles. The smallest absolute Gasteiger partial charge is 0.185 e. The van der Waals surface area contributed by atoms with Gasteiger partial charge in [-0.15, -0.1) is 0 Å². The highest BCUT2D eigenvalue weighted by Crippen LogP contribution is 2.26. The number of pyridine rings is 1. The molecule has 4 rings (SSSR count). The molecule has 0 spiro atoms. The van der Waals surface area contributed by atoms with E-state index in [1.165, 1.54) is 0 Å². The minimum atomic E-state index is -0.00362. The minimum Gasteiger partial charge on any atom is -0.378 e. The summed E-state index contributed by atoms with van der Waals surface area (Å²) in [5.74, 6) is 0.904. The summed E-state index contributed by atoms with van der Waals surface area (Å²) in [4.78, 5) is 19.6. The van der Waals surface area contributed by atoms with Gasteiger partial charge in [0.05, 0.1) is 18.7 Å². The average molecular weight is 358 g/mol. The first-order chi connectivity index (χ1) is 13.2. The summed E-state index contributed by atoms with van der Waals surface area (Å²) in [5.41, 5.74) is 3.75. The Bertz CT molecular complexity index is 987. The molecule has 1 aliphatic rings. The van der Waals surface area contributed by atoms with Crippen LogP contribution >= 0.6 is 0 Å². The summed E-state index contributed by atoms with van der Waals surface area (Å²) in [7, 11) is 0. The van der Waals surface area contributed by atoms with Gasteiger partial charge in [0.25, 0.3) is 0 Å². The Balaban J connectivity index is 1.70. The zero-order valence-corrected chi connectivity index (χ0v) is 15.4. The number of anilines is 1. The molecule has 3 aromatic rings. The van der Waals surface area contributed by atoms with Gasteiger partial charge in [-0.3, -0.25) is 4.79 Å². The van der Waals surface area contributed by atoms with Crippen LogP contribution in [0.25, 0.3) is 17.0 Å². The van der Waals surface area contributed by atoms with E-state index in [9.17, 15) is 4.79 Å². The van der Waals surface area contributed by atoms with Gasteiger partial charge in [-0.25, -0.2) is 4.98 Å². The van der Waals surface area contributed by atoms with Crippen molar-refractivity contribution in [2.24, 2.45) is 0 Å². The number of carbonyl (C=O) groups is 1. The summed E-state index contributed by atoms with van der Waals surface area (Å²) in [5, 5.41) is 1.07. The van der Waals surface area contributed by atoms with E-state index in [4.69, 9.17) is 9.72 Å². The number of hydrogen-bond donors (Lipinski definition) is 0. The van der Waals surface area contributed by atoms with E-state index in [1.807, 2.05) is 61.5 Å². The monoisotopic (exact) mass is 358 g/mol. The SMILES string of the molecule is Cc1ccc(C(=O)/C=C/c2cc3ccccc3nc2N2CCOCC2)cc1. The number of carbonyl (C=O) groups excluding carboxylic acids is 1. The molecule has 0 saturated carbocycles. The summed E-state index contributed by atoms with van der Waals surface area (Å²) >= 11 is 0. The molecule has 0 aliphatic carbocycles. The van der Waals surface area contributed by atoms with Crippen molar-refractivity contribution >= 4 is 28.6 Å². The average Bonchev–Trinajstić information content (AvgIpc) is 2.72. The van der Waals surface area contributed by atoms with Crippen molar-refractivity contribution in [2.75, 3.05) is 31.2 Å². The molecule has 0 atom stereocenters. The van der Waals surface area contributed by atoms with Gasteiger partial charge < -0.3 is 9.64 Å². The number of aromatic nitrogens is 1. The molecule has 2 heterocycles. The topological polar surface area (TPSA) is 42.4 Å². The molecule has 1 fully saturated rings. The van der Waals surface area contributed by atoms with E-state index in [-0.39, 0.29) is 5.78 Å². The largest absolute Gasteiger partial charge is 0.378 e. The van der Waals surface area contributed by atoms with Gasteiger partial charge in [0, 0.05) is 29.6 Å². The number of benzene rings is 2. The van der Waals surface area contributed by atoms with Gasteiger partial charge in [-0.2, -0.15) is 0 Å². The number of ketones is 1. The van der Waals surface area contributed by atoms with Gasteiger partial charge in [0.1, 0.15) is 5.82 Å². The lowest BCUT2D eigenvalue weighted by Gasteiger charge is -2.29. The second-order valence-corrected chi connectivity index (χ2v) is 6.76. The second-order valence-electron chi connectivity index (χ2n) is 6.76. The third-order valence-corrected chi connectivity index (χ3v) is 4.79. The first-order valence-electron chi connectivity index (χ1n) is 9.22. The molecular weight excluding hydrogens is 336 g/mol. The first kappa shape index (κ1) is 17.4. The normalized spacial score (nSPS) is 14.8. The summed E-state index contributed by atoms with van der Waals surface area (Å²) in [6.07, 6.45) is 3.52. The molecule has 27 heavy (non-hydrogen) atoms. The Morgan fingerprint density at radius 1 is 1.07 bits per heavy atom. The molecule has 0 N–H and O–H groups in total. The lowest BCUT2D eigenvalue weighted by Crippen LogP contribution is -2.37. The summed E-state index contributed by atoms with van der Waals surface area (Å²) < 4.78 is 5.47. The fourth-order valence-electron chi connectivity index (χ4n) is 3.25. The van der Waals surface area contributed by atoms with Crippen LogP contribution in [-0.2, 0) is 4.74 Å². The Kier molecular flexibility index (Phi) is 4.99. The van der Waals surface area contributed by atoms with Crippen LogP contribution in [0.4, 0.5) is 5.82 Å². The van der Waals surface area contributed by atoms with E-state index < -0.39 is 0 Å². The standard InChI is InChI=1S/C23H22N2O2/c1-17-6-8-18(9-7-17)22(26)11-10-20-16-19-4-2-3-5-21(19)24-23(20)25-12-14-27-15-13-25/h2-11,16H,12-15H2,1H3/b11-10+. The number of ether oxygens (including phenoxy) is 1. The number of fused-ring (bicyclic) bond motifs is 1. The van der Waals surface area contributed by atoms with Crippen LogP contribution in [0, 0.1) is 6.92 Å². The van der Waals surface area contributed by atoms with Gasteiger partial charge in [-0.05, 0) is 31.2 Å². The number of allylic oxidation sites excluding steroid dienone is 1. The molecule has 0 radical (unpaired) electrons. The number of hydrogen-bond acceptors (Lipinski definition) is 4. The van der Waals surface area contributed by atoms with Crippen LogP contribution in [0.2, 0.25) is 0 Å². The number of nitrogens with zero attached hydrogens (tertiary/aromatic N) is 2. The highest BCUT2D eigenvalue weighted by molar-refractivity contribution is 6.07. The highest BCUT2D eigenvalue weighted by Gasteiger charge is 2.16. The number of para-hydroxylation sites is 1. The third-order valence-electron chi connectivity index (χ3n) is 4.79. The van der Waals surface area contributed by atoms with E-state index >= 15 is 0 Å². The Morgan fingerprint density at radius 2 is 1.81 bits per heavy atom. The van der Waals surface area contributed by atoms with Crippen LogP contribution in [0.3, 0.4) is 0 Å². The molecule has 0 unspecified atom stereocenters. The van der Waals surface area contributed by atoms with Crippen molar-refractivity contribution in [1.82, 2.24) is 4.98 Å². The molecule has 136 valence electrons. The van der Waals surface area contributed by atoms with Crippen LogP contribution in [0.5, 0.6) is 0 Å². The van der Waals surface area contributed by atoms with Crippen molar-refractivity contribution in [3.8, 4) is 0 Å². The fraction of sp³-hybridized carbons (Fsp3) is 0.217. The Labute approximate surface area is 159 Å². The maximum atomic E-state index is 12.5.